The average molecular weight is 995 g/mol. The number of hydrogen-bond donors (Lipinski definition) is 0. The van der Waals surface area contributed by atoms with Gasteiger partial charge in [-0.2, -0.15) is 18.2 Å². The van der Waals surface area contributed by atoms with Crippen molar-refractivity contribution in [2.75, 3.05) is 0 Å². The minimum atomic E-state index is -2.38. The normalized spacial score (nSPS) is 12.2. The minimum Gasteiger partial charge on any atom is -0.510 e. The first kappa shape index (κ1) is 36.3. The predicted molar refractivity (Wildman–Crippen MR) is 250 cm³/mol. The zero-order valence-electron chi connectivity index (χ0n) is 37.4. The van der Waals surface area contributed by atoms with Gasteiger partial charge in [-0.05, 0) is 88.4 Å². The zero-order valence-corrected chi connectivity index (χ0v) is 36.7. The topological polar surface area (TPSA) is 35.9 Å². The van der Waals surface area contributed by atoms with Crippen molar-refractivity contribution in [1.82, 2.24) is 14.1 Å². The molecule has 0 radical (unpaired) electrons. The average Bonchev–Trinajstić information content (AvgIpc) is 3.88. The van der Waals surface area contributed by atoms with Gasteiger partial charge in [-0.3, -0.25) is 4.57 Å². The van der Waals surface area contributed by atoms with Gasteiger partial charge in [0.05, 0.1) is 16.7 Å². The molecule has 0 aliphatic rings. The van der Waals surface area contributed by atoms with Crippen molar-refractivity contribution in [1.29, 1.82) is 0 Å². The van der Waals surface area contributed by atoms with E-state index in [1.54, 1.807) is 12.3 Å². The third-order valence-corrected chi connectivity index (χ3v) is 11.6. The van der Waals surface area contributed by atoms with E-state index in [4.69, 9.17) is 13.8 Å². The van der Waals surface area contributed by atoms with E-state index in [1.165, 1.54) is 11.1 Å². The molecule has 0 atom stereocenters. The molecule has 11 aromatic rings. The monoisotopic (exact) mass is 994 g/mol. The number of imidazole rings is 1. The van der Waals surface area contributed by atoms with Crippen LogP contribution in [0.5, 0.6) is 11.5 Å². The van der Waals surface area contributed by atoms with Crippen molar-refractivity contribution < 1.29 is 34.5 Å². The van der Waals surface area contributed by atoms with Crippen LogP contribution in [0.4, 0.5) is 0 Å². The van der Waals surface area contributed by atoms with Crippen LogP contribution < -0.4 is 9.30 Å². The van der Waals surface area contributed by atoms with E-state index in [1.807, 2.05) is 94.1 Å². The van der Waals surface area contributed by atoms with Crippen LogP contribution in [0.2, 0.25) is 0 Å². The van der Waals surface area contributed by atoms with Crippen molar-refractivity contribution in [2.45, 2.75) is 20.7 Å². The fraction of sp³-hybridized carbons (Fsp3) is 0.0526. The van der Waals surface area contributed by atoms with E-state index in [0.29, 0.717) is 28.4 Å². The number of rotatable bonds is 8. The second-order valence-electron chi connectivity index (χ2n) is 15.5. The molecule has 11 rings (SSSR count). The number of aromatic nitrogens is 4. The molecule has 0 N–H and O–H groups in total. The molecule has 0 aliphatic carbocycles. The number of aryl methyl sites for hydroxylation is 3. The summed E-state index contributed by atoms with van der Waals surface area (Å²) in [5.41, 5.74) is 13.8. The van der Waals surface area contributed by atoms with Gasteiger partial charge in [-0.1, -0.05) is 145 Å². The number of para-hydroxylation sites is 3. The minimum absolute atomic E-state index is 0. The van der Waals surface area contributed by atoms with Gasteiger partial charge in [0, 0.05) is 54.0 Å². The second kappa shape index (κ2) is 16.5. The molecule has 0 saturated carbocycles. The second-order valence-corrected chi connectivity index (χ2v) is 15.5. The van der Waals surface area contributed by atoms with E-state index in [-0.39, 0.29) is 26.6 Å². The van der Waals surface area contributed by atoms with E-state index in [2.05, 4.69) is 128 Å². The van der Waals surface area contributed by atoms with Crippen LogP contribution in [0.1, 0.15) is 20.8 Å². The SMILES string of the molecule is [2H]C([2H])([2H])c1cc(-n2c3[c-]c(Oc4[c-]c(-n5[c-][n+](-c6c(-c7ccccc7)c(C)cc(C)c6-c6ccccc6)c6ccccc65)ccc4)ccc3c3ccccc32)ncc1-c1ccccc1.[Pt]. The molecule has 3 heterocycles. The maximum Gasteiger partial charge on any atom is 0.268 e. The van der Waals surface area contributed by atoms with Crippen molar-refractivity contribution in [2.24, 2.45) is 0 Å². The number of hydrogen-bond acceptors (Lipinski definition) is 2. The molecule has 0 amide bonds. The molecular weight excluding hydrogens is 952 g/mol. The summed E-state index contributed by atoms with van der Waals surface area (Å²) in [6.45, 7) is 1.99. The predicted octanol–water partition coefficient (Wildman–Crippen LogP) is 13.5. The molecule has 5 nitrogen and oxygen atoms in total. The van der Waals surface area contributed by atoms with Gasteiger partial charge in [0.25, 0.3) is 6.33 Å². The Kier molecular flexibility index (Phi) is 9.52. The van der Waals surface area contributed by atoms with Gasteiger partial charge in [0.15, 0.2) is 0 Å². The smallest absolute Gasteiger partial charge is 0.268 e. The van der Waals surface area contributed by atoms with Crippen LogP contribution in [0.25, 0.3) is 83.4 Å². The van der Waals surface area contributed by atoms with Crippen molar-refractivity contribution >= 4 is 32.8 Å². The summed E-state index contributed by atoms with van der Waals surface area (Å²) in [7, 11) is 0. The van der Waals surface area contributed by atoms with Crippen LogP contribution in [0, 0.1) is 39.2 Å². The number of fused-ring (bicyclic) bond motifs is 4. The molecule has 0 bridgehead atoms. The fourth-order valence-electron chi connectivity index (χ4n) is 8.86. The standard InChI is InChI=1S/C57H40N4O.Pt/c1-38-33-54(58-36-49(38)41-18-7-4-8-19-41)61-50-27-14-13-26-47(50)48-31-30-46(35-53(48)61)62-45-25-17-24-44(34-45)59-37-60(52-29-16-15-28-51(52)59)57-55(42-20-9-5-10-21-42)39(2)32-40(3)56(57)43-22-11-6-12-23-43;/h4-33,36H,1-3H3;/q-2;/i1D3;. The Balaban J connectivity index is 0.00000511. The van der Waals surface area contributed by atoms with Gasteiger partial charge < -0.3 is 13.9 Å². The molecule has 8 aromatic carbocycles. The van der Waals surface area contributed by atoms with Crippen LogP contribution in [-0.4, -0.2) is 14.1 Å². The Morgan fingerprint density at radius 3 is 1.89 bits per heavy atom. The van der Waals surface area contributed by atoms with E-state index in [0.717, 1.165) is 66.5 Å². The summed E-state index contributed by atoms with van der Waals surface area (Å²) < 4.78 is 38.3. The summed E-state index contributed by atoms with van der Waals surface area (Å²) >= 11 is 0. The van der Waals surface area contributed by atoms with Gasteiger partial charge in [0.2, 0.25) is 0 Å². The van der Waals surface area contributed by atoms with Crippen molar-refractivity contribution in [3.05, 3.63) is 223 Å². The number of nitrogens with zero attached hydrogens (tertiary/aromatic N) is 4. The largest absolute Gasteiger partial charge is 0.510 e. The summed E-state index contributed by atoms with van der Waals surface area (Å²) in [6.07, 6.45) is 5.43. The van der Waals surface area contributed by atoms with Gasteiger partial charge in [0.1, 0.15) is 5.82 Å². The van der Waals surface area contributed by atoms with Crippen molar-refractivity contribution in [3.63, 3.8) is 0 Å². The molecule has 6 heteroatoms. The molecule has 0 saturated heterocycles. The molecule has 0 aliphatic heterocycles. The fourth-order valence-corrected chi connectivity index (χ4v) is 8.86. The Labute approximate surface area is 385 Å². The molecule has 3 aromatic heterocycles. The van der Waals surface area contributed by atoms with E-state index in [9.17, 15) is 0 Å². The number of ether oxygens (including phenoxy) is 1. The van der Waals surface area contributed by atoms with Crippen LogP contribution >= 0.6 is 0 Å². The molecule has 0 spiro atoms. The zero-order chi connectivity index (χ0) is 44.2. The molecular formula is C57H40N4OPt-2. The first-order chi connectivity index (χ1) is 31.7. The summed E-state index contributed by atoms with van der Waals surface area (Å²) in [5.74, 6) is 1.44. The first-order valence-corrected chi connectivity index (χ1v) is 20.6. The Morgan fingerprint density at radius 1 is 0.571 bits per heavy atom. The quantitative estimate of drug-likeness (QED) is 0.112. The first-order valence-electron chi connectivity index (χ1n) is 22.1. The maximum absolute atomic E-state index is 8.51. The molecule has 306 valence electrons. The molecule has 0 unspecified atom stereocenters. The van der Waals surface area contributed by atoms with E-state index < -0.39 is 6.85 Å². The Bertz CT molecular complexity index is 3520. The van der Waals surface area contributed by atoms with Crippen LogP contribution in [0.3, 0.4) is 0 Å². The van der Waals surface area contributed by atoms with Crippen LogP contribution in [-0.2, 0) is 21.1 Å². The van der Waals surface area contributed by atoms with Crippen LogP contribution in [0.15, 0.2) is 188 Å². The van der Waals surface area contributed by atoms with Gasteiger partial charge in [-0.25, -0.2) is 4.98 Å². The maximum atomic E-state index is 8.51. The Morgan fingerprint density at radius 2 is 1.19 bits per heavy atom. The van der Waals surface area contributed by atoms with Gasteiger partial charge in [-0.15, -0.1) is 29.7 Å². The third kappa shape index (κ3) is 7.05. The van der Waals surface area contributed by atoms with Gasteiger partial charge >= 0.3 is 0 Å². The van der Waals surface area contributed by atoms with E-state index >= 15 is 0 Å². The third-order valence-electron chi connectivity index (χ3n) is 11.6. The summed E-state index contributed by atoms with van der Waals surface area (Å²) in [5, 5.41) is 1.92. The van der Waals surface area contributed by atoms with Crippen molar-refractivity contribution in [3.8, 4) is 62.1 Å². The molecule has 0 fully saturated rings. The number of pyridine rings is 1. The number of benzene rings is 8. The Hall–Kier alpha value is -7.33. The molecule has 63 heavy (non-hydrogen) atoms. The summed E-state index contributed by atoms with van der Waals surface area (Å²) in [6, 6.07) is 67.8. The summed E-state index contributed by atoms with van der Waals surface area (Å²) in [4.78, 5) is 4.87.